The van der Waals surface area contributed by atoms with E-state index >= 15 is 0 Å². The Morgan fingerprint density at radius 1 is 1.47 bits per heavy atom. The van der Waals surface area contributed by atoms with Crippen LogP contribution in [0.4, 0.5) is 4.79 Å². The van der Waals surface area contributed by atoms with Gasteiger partial charge < -0.3 is 15.0 Å². The zero-order valence-electron chi connectivity index (χ0n) is 12.4. The summed E-state index contributed by atoms with van der Waals surface area (Å²) in [6, 6.07) is 0.293. The molecule has 0 spiro atoms. The van der Waals surface area contributed by atoms with Gasteiger partial charge in [-0.2, -0.15) is 0 Å². The van der Waals surface area contributed by atoms with E-state index in [4.69, 9.17) is 4.74 Å². The molecule has 0 aliphatic carbocycles. The molecule has 1 saturated heterocycles. The maximum Gasteiger partial charge on any atom is 0.410 e. The molecular formula is C13H26N2O3S. The van der Waals surface area contributed by atoms with Gasteiger partial charge in [0.1, 0.15) is 5.60 Å². The highest BCUT2D eigenvalue weighted by Gasteiger charge is 2.29. The number of carbonyl (C=O) groups is 1. The van der Waals surface area contributed by atoms with Crippen LogP contribution in [-0.4, -0.2) is 58.0 Å². The molecule has 1 heterocycles. The van der Waals surface area contributed by atoms with E-state index in [-0.39, 0.29) is 6.09 Å². The molecule has 1 fully saturated rings. The molecule has 2 unspecified atom stereocenters. The molecule has 1 amide bonds. The van der Waals surface area contributed by atoms with Crippen LogP contribution in [0, 0.1) is 0 Å². The summed E-state index contributed by atoms with van der Waals surface area (Å²) < 4.78 is 16.6. The number of carbonyl (C=O) groups excluding carboxylic acids is 1. The molecule has 1 rings (SSSR count). The minimum absolute atomic E-state index is 0.242. The van der Waals surface area contributed by atoms with Crippen molar-refractivity contribution < 1.29 is 13.7 Å². The van der Waals surface area contributed by atoms with E-state index in [1.54, 1.807) is 4.90 Å². The summed E-state index contributed by atoms with van der Waals surface area (Å²) in [6.45, 7) is 9.69. The van der Waals surface area contributed by atoms with Crippen LogP contribution in [0.1, 0.15) is 34.1 Å². The number of hydrogen-bond acceptors (Lipinski definition) is 4. The molecule has 0 radical (unpaired) electrons. The lowest BCUT2D eigenvalue weighted by molar-refractivity contribution is 0.0291. The third-order valence-electron chi connectivity index (χ3n) is 2.92. The molecule has 5 nitrogen and oxygen atoms in total. The minimum Gasteiger partial charge on any atom is -0.444 e. The van der Waals surface area contributed by atoms with Gasteiger partial charge in [-0.1, -0.05) is 6.92 Å². The average Bonchev–Trinajstić information content (AvgIpc) is 2.75. The maximum absolute atomic E-state index is 11.9. The van der Waals surface area contributed by atoms with Crippen LogP contribution in [0.2, 0.25) is 0 Å². The zero-order chi connectivity index (χ0) is 14.5. The summed E-state index contributed by atoms with van der Waals surface area (Å²) >= 11 is 0. The number of nitrogens with zero attached hydrogens (tertiary/aromatic N) is 1. The zero-order valence-corrected chi connectivity index (χ0v) is 13.2. The van der Waals surface area contributed by atoms with Gasteiger partial charge in [0, 0.05) is 48.0 Å². The van der Waals surface area contributed by atoms with Crippen LogP contribution in [0.25, 0.3) is 0 Å². The van der Waals surface area contributed by atoms with Crippen molar-refractivity contribution >= 4 is 16.9 Å². The Labute approximate surface area is 118 Å². The highest BCUT2D eigenvalue weighted by molar-refractivity contribution is 7.84. The van der Waals surface area contributed by atoms with Crippen molar-refractivity contribution in [1.29, 1.82) is 0 Å². The molecule has 2 atom stereocenters. The highest BCUT2D eigenvalue weighted by atomic mass is 32.2. The van der Waals surface area contributed by atoms with Gasteiger partial charge in [-0.25, -0.2) is 4.79 Å². The standard InChI is InChI=1S/C13H26N2O3S/c1-5-19(17)9-7-14-11-6-8-15(10-11)12(16)18-13(2,3)4/h11,14H,5-10H2,1-4H3. The smallest absolute Gasteiger partial charge is 0.410 e. The lowest BCUT2D eigenvalue weighted by atomic mass is 10.2. The number of likely N-dealkylation sites (tertiary alicyclic amines) is 1. The van der Waals surface area contributed by atoms with E-state index in [1.807, 2.05) is 27.7 Å². The van der Waals surface area contributed by atoms with Crippen molar-refractivity contribution in [3.63, 3.8) is 0 Å². The lowest BCUT2D eigenvalue weighted by Gasteiger charge is -2.24. The maximum atomic E-state index is 11.9. The Balaban J connectivity index is 2.26. The number of amides is 1. The first-order chi connectivity index (χ1) is 8.81. The molecule has 0 saturated carbocycles. The second kappa shape index (κ2) is 7.24. The molecule has 19 heavy (non-hydrogen) atoms. The number of rotatable bonds is 5. The summed E-state index contributed by atoms with van der Waals surface area (Å²) in [4.78, 5) is 13.6. The largest absolute Gasteiger partial charge is 0.444 e. The lowest BCUT2D eigenvalue weighted by Crippen LogP contribution is -2.39. The van der Waals surface area contributed by atoms with Crippen molar-refractivity contribution in [2.75, 3.05) is 31.1 Å². The predicted molar refractivity (Wildman–Crippen MR) is 77.8 cm³/mol. The molecule has 0 bridgehead atoms. The van der Waals surface area contributed by atoms with Gasteiger partial charge in [-0.3, -0.25) is 4.21 Å². The highest BCUT2D eigenvalue weighted by Crippen LogP contribution is 2.15. The minimum atomic E-state index is -0.726. The molecule has 0 aromatic carbocycles. The van der Waals surface area contributed by atoms with E-state index in [0.717, 1.165) is 19.5 Å². The third kappa shape index (κ3) is 6.38. The van der Waals surface area contributed by atoms with Crippen LogP contribution in [0.5, 0.6) is 0 Å². The molecule has 0 aromatic rings. The van der Waals surface area contributed by atoms with Crippen molar-refractivity contribution in [1.82, 2.24) is 10.2 Å². The monoisotopic (exact) mass is 290 g/mol. The second-order valence-electron chi connectivity index (χ2n) is 5.80. The fourth-order valence-corrected chi connectivity index (χ4v) is 2.57. The SMILES string of the molecule is CCS(=O)CCNC1CCN(C(=O)OC(C)(C)C)C1. The fraction of sp³-hybridized carbons (Fsp3) is 0.923. The molecule has 1 N–H and O–H groups in total. The van der Waals surface area contributed by atoms with E-state index < -0.39 is 16.4 Å². The number of hydrogen-bond donors (Lipinski definition) is 1. The number of nitrogens with one attached hydrogen (secondary N) is 1. The summed E-state index contributed by atoms with van der Waals surface area (Å²) in [6.07, 6.45) is 0.687. The van der Waals surface area contributed by atoms with Crippen molar-refractivity contribution in [3.05, 3.63) is 0 Å². The topological polar surface area (TPSA) is 58.6 Å². The van der Waals surface area contributed by atoms with Gasteiger partial charge >= 0.3 is 6.09 Å². The summed E-state index contributed by atoms with van der Waals surface area (Å²) in [5.74, 6) is 1.38. The number of ether oxygens (including phenoxy) is 1. The van der Waals surface area contributed by atoms with Crippen LogP contribution in [-0.2, 0) is 15.5 Å². The van der Waals surface area contributed by atoms with Gasteiger partial charge in [0.2, 0.25) is 0 Å². The summed E-state index contributed by atoms with van der Waals surface area (Å²) in [7, 11) is -0.726. The summed E-state index contributed by atoms with van der Waals surface area (Å²) in [5.41, 5.74) is -0.444. The van der Waals surface area contributed by atoms with Gasteiger partial charge in [0.25, 0.3) is 0 Å². The van der Waals surface area contributed by atoms with Gasteiger partial charge in [-0.15, -0.1) is 0 Å². The van der Waals surface area contributed by atoms with E-state index in [2.05, 4.69) is 5.32 Å². The molecule has 1 aliphatic heterocycles. The Hall–Kier alpha value is -0.620. The first kappa shape index (κ1) is 16.4. The van der Waals surface area contributed by atoms with Gasteiger partial charge in [-0.05, 0) is 27.2 Å². The average molecular weight is 290 g/mol. The molecule has 0 aromatic heterocycles. The first-order valence-electron chi connectivity index (χ1n) is 6.88. The Kier molecular flexibility index (Phi) is 6.26. The van der Waals surface area contributed by atoms with Gasteiger partial charge in [0.15, 0.2) is 0 Å². The third-order valence-corrected chi connectivity index (χ3v) is 4.23. The van der Waals surface area contributed by atoms with Gasteiger partial charge in [0.05, 0.1) is 0 Å². The van der Waals surface area contributed by atoms with E-state index in [9.17, 15) is 9.00 Å². The molecular weight excluding hydrogens is 264 g/mol. The fourth-order valence-electron chi connectivity index (χ4n) is 1.94. The predicted octanol–water partition coefficient (Wildman–Crippen LogP) is 1.35. The van der Waals surface area contributed by atoms with Crippen LogP contribution in [0.3, 0.4) is 0 Å². The van der Waals surface area contributed by atoms with Crippen molar-refractivity contribution in [2.24, 2.45) is 0 Å². The Morgan fingerprint density at radius 3 is 2.74 bits per heavy atom. The van der Waals surface area contributed by atoms with Crippen LogP contribution in [0.15, 0.2) is 0 Å². The van der Waals surface area contributed by atoms with Crippen molar-refractivity contribution in [2.45, 2.75) is 45.8 Å². The van der Waals surface area contributed by atoms with E-state index in [0.29, 0.717) is 24.1 Å². The normalized spacial score (nSPS) is 21.5. The molecule has 1 aliphatic rings. The van der Waals surface area contributed by atoms with Crippen LogP contribution >= 0.6 is 0 Å². The second-order valence-corrected chi connectivity index (χ2v) is 7.66. The summed E-state index contributed by atoms with van der Waals surface area (Å²) in [5, 5.41) is 3.35. The Morgan fingerprint density at radius 2 is 2.16 bits per heavy atom. The van der Waals surface area contributed by atoms with Crippen molar-refractivity contribution in [3.8, 4) is 0 Å². The Bertz CT molecular complexity index is 328. The van der Waals surface area contributed by atoms with Crippen LogP contribution < -0.4 is 5.32 Å². The quantitative estimate of drug-likeness (QED) is 0.830. The first-order valence-corrected chi connectivity index (χ1v) is 8.37. The molecule has 112 valence electrons. The molecule has 6 heteroatoms. The van der Waals surface area contributed by atoms with E-state index in [1.165, 1.54) is 0 Å².